The number of rotatable bonds is 4. The second kappa shape index (κ2) is 6.66. The van der Waals surface area contributed by atoms with E-state index in [1.807, 2.05) is 44.2 Å². The lowest BCUT2D eigenvalue weighted by Crippen LogP contribution is -2.31. The van der Waals surface area contributed by atoms with E-state index in [9.17, 15) is 9.18 Å². The van der Waals surface area contributed by atoms with Crippen molar-refractivity contribution in [2.45, 2.75) is 13.8 Å². The Morgan fingerprint density at radius 3 is 2.42 bits per heavy atom. The molecule has 0 bridgehead atoms. The molecule has 4 nitrogen and oxygen atoms in total. The Bertz CT molecular complexity index is 841. The standard InChI is InChI=1S/C19H18FN3O/c1-3-22(16-11-9-15(20)10-12-16)19(24)18-13-21-23(14(18)2)17-7-5-4-6-8-17/h4-13H,3H2,1-2H3. The number of amides is 1. The summed E-state index contributed by atoms with van der Waals surface area (Å²) in [7, 11) is 0. The van der Waals surface area contributed by atoms with Gasteiger partial charge < -0.3 is 4.90 Å². The van der Waals surface area contributed by atoms with Gasteiger partial charge in [0, 0.05) is 12.2 Å². The number of hydrogen-bond donors (Lipinski definition) is 0. The maximum absolute atomic E-state index is 13.1. The zero-order valence-electron chi connectivity index (χ0n) is 13.6. The van der Waals surface area contributed by atoms with Crippen molar-refractivity contribution in [1.29, 1.82) is 0 Å². The summed E-state index contributed by atoms with van der Waals surface area (Å²) >= 11 is 0. The van der Waals surface area contributed by atoms with Crippen LogP contribution in [0.2, 0.25) is 0 Å². The first-order valence-corrected chi connectivity index (χ1v) is 7.79. The molecule has 0 fully saturated rings. The van der Waals surface area contributed by atoms with Gasteiger partial charge in [0.2, 0.25) is 0 Å². The minimum atomic E-state index is -0.324. The van der Waals surface area contributed by atoms with Gasteiger partial charge in [-0.05, 0) is 50.2 Å². The van der Waals surface area contributed by atoms with Crippen LogP contribution in [-0.4, -0.2) is 22.2 Å². The van der Waals surface area contributed by atoms with Crippen LogP contribution in [0, 0.1) is 12.7 Å². The van der Waals surface area contributed by atoms with Gasteiger partial charge in [0.25, 0.3) is 5.91 Å². The van der Waals surface area contributed by atoms with Crippen LogP contribution in [0.15, 0.2) is 60.8 Å². The number of anilines is 1. The van der Waals surface area contributed by atoms with Crippen molar-refractivity contribution in [3.63, 3.8) is 0 Å². The van der Waals surface area contributed by atoms with E-state index in [4.69, 9.17) is 0 Å². The van der Waals surface area contributed by atoms with Crippen LogP contribution in [0.3, 0.4) is 0 Å². The first-order valence-electron chi connectivity index (χ1n) is 7.79. The molecule has 122 valence electrons. The second-order valence-electron chi connectivity index (χ2n) is 5.42. The molecule has 0 unspecified atom stereocenters. The largest absolute Gasteiger partial charge is 0.309 e. The van der Waals surface area contributed by atoms with Gasteiger partial charge in [0.15, 0.2) is 0 Å². The highest BCUT2D eigenvalue weighted by molar-refractivity contribution is 6.06. The van der Waals surface area contributed by atoms with Gasteiger partial charge in [-0.25, -0.2) is 9.07 Å². The first-order chi connectivity index (χ1) is 11.6. The van der Waals surface area contributed by atoms with Gasteiger partial charge >= 0.3 is 0 Å². The van der Waals surface area contributed by atoms with E-state index < -0.39 is 0 Å². The minimum Gasteiger partial charge on any atom is -0.309 e. The highest BCUT2D eigenvalue weighted by Gasteiger charge is 2.21. The topological polar surface area (TPSA) is 38.1 Å². The molecule has 1 aromatic heterocycles. The Kier molecular flexibility index (Phi) is 4.42. The third kappa shape index (κ3) is 2.93. The van der Waals surface area contributed by atoms with Crippen molar-refractivity contribution >= 4 is 11.6 Å². The van der Waals surface area contributed by atoms with Crippen molar-refractivity contribution in [3.8, 4) is 5.69 Å². The smallest absolute Gasteiger partial charge is 0.261 e. The van der Waals surface area contributed by atoms with Crippen molar-refractivity contribution in [2.75, 3.05) is 11.4 Å². The molecular formula is C19H18FN3O. The number of hydrogen-bond acceptors (Lipinski definition) is 2. The lowest BCUT2D eigenvalue weighted by molar-refractivity contribution is 0.0987. The molecule has 1 heterocycles. The van der Waals surface area contributed by atoms with Crippen LogP contribution in [0.1, 0.15) is 23.0 Å². The fraction of sp³-hybridized carbons (Fsp3) is 0.158. The molecule has 5 heteroatoms. The van der Waals surface area contributed by atoms with E-state index in [0.717, 1.165) is 11.4 Å². The monoisotopic (exact) mass is 323 g/mol. The summed E-state index contributed by atoms with van der Waals surface area (Å²) in [5, 5.41) is 4.34. The Balaban J connectivity index is 1.95. The number of nitrogens with zero attached hydrogens (tertiary/aromatic N) is 3. The van der Waals surface area contributed by atoms with Crippen LogP contribution >= 0.6 is 0 Å². The molecular weight excluding hydrogens is 305 g/mol. The summed E-state index contributed by atoms with van der Waals surface area (Å²) in [6, 6.07) is 15.6. The minimum absolute atomic E-state index is 0.149. The quantitative estimate of drug-likeness (QED) is 0.728. The summed E-state index contributed by atoms with van der Waals surface area (Å²) in [4.78, 5) is 14.5. The first kappa shape index (κ1) is 15.9. The maximum atomic E-state index is 13.1. The predicted molar refractivity (Wildman–Crippen MR) is 92.1 cm³/mol. The highest BCUT2D eigenvalue weighted by atomic mass is 19.1. The average Bonchev–Trinajstić information content (AvgIpc) is 2.99. The van der Waals surface area contributed by atoms with Gasteiger partial charge in [-0.2, -0.15) is 5.10 Å². The summed E-state index contributed by atoms with van der Waals surface area (Å²) < 4.78 is 14.9. The van der Waals surface area contributed by atoms with Crippen LogP contribution in [-0.2, 0) is 0 Å². The third-order valence-electron chi connectivity index (χ3n) is 3.94. The van der Waals surface area contributed by atoms with E-state index in [0.29, 0.717) is 17.8 Å². The molecule has 3 aromatic rings. The van der Waals surface area contributed by atoms with Crippen molar-refractivity contribution in [3.05, 3.63) is 77.9 Å². The zero-order chi connectivity index (χ0) is 17.1. The number of para-hydroxylation sites is 1. The van der Waals surface area contributed by atoms with E-state index >= 15 is 0 Å². The van der Waals surface area contributed by atoms with Gasteiger partial charge in [0.1, 0.15) is 5.82 Å². The van der Waals surface area contributed by atoms with E-state index in [1.54, 1.807) is 27.9 Å². The fourth-order valence-corrected chi connectivity index (χ4v) is 2.66. The summed E-state index contributed by atoms with van der Waals surface area (Å²) in [6.45, 7) is 4.24. The van der Waals surface area contributed by atoms with Gasteiger partial charge in [-0.3, -0.25) is 4.79 Å². The van der Waals surface area contributed by atoms with Crippen LogP contribution in [0.4, 0.5) is 10.1 Å². The van der Waals surface area contributed by atoms with E-state index in [-0.39, 0.29) is 11.7 Å². The van der Waals surface area contributed by atoms with Crippen molar-refractivity contribution in [1.82, 2.24) is 9.78 Å². The highest BCUT2D eigenvalue weighted by Crippen LogP contribution is 2.20. The summed E-state index contributed by atoms with van der Waals surface area (Å²) in [5.41, 5.74) is 2.87. The fourth-order valence-electron chi connectivity index (χ4n) is 2.66. The molecule has 1 amide bonds. The van der Waals surface area contributed by atoms with Crippen LogP contribution < -0.4 is 4.90 Å². The molecule has 0 saturated carbocycles. The van der Waals surface area contributed by atoms with E-state index in [1.165, 1.54) is 12.1 Å². The van der Waals surface area contributed by atoms with Crippen LogP contribution in [0.5, 0.6) is 0 Å². The van der Waals surface area contributed by atoms with Gasteiger partial charge in [-0.15, -0.1) is 0 Å². The maximum Gasteiger partial charge on any atom is 0.261 e. The average molecular weight is 323 g/mol. The number of carbonyl (C=O) groups is 1. The second-order valence-corrected chi connectivity index (χ2v) is 5.42. The molecule has 0 aliphatic carbocycles. The molecule has 0 aliphatic heterocycles. The van der Waals surface area contributed by atoms with Gasteiger partial charge in [-0.1, -0.05) is 18.2 Å². The molecule has 24 heavy (non-hydrogen) atoms. The Morgan fingerprint density at radius 1 is 1.12 bits per heavy atom. The number of benzene rings is 2. The molecule has 2 aromatic carbocycles. The van der Waals surface area contributed by atoms with Crippen molar-refractivity contribution in [2.24, 2.45) is 0 Å². The lowest BCUT2D eigenvalue weighted by atomic mass is 10.2. The Labute approximate surface area is 140 Å². The van der Waals surface area contributed by atoms with Crippen LogP contribution in [0.25, 0.3) is 5.69 Å². The molecule has 0 atom stereocenters. The lowest BCUT2D eigenvalue weighted by Gasteiger charge is -2.21. The van der Waals surface area contributed by atoms with E-state index in [2.05, 4.69) is 5.10 Å². The molecule has 0 saturated heterocycles. The number of carbonyl (C=O) groups excluding carboxylic acids is 1. The molecule has 3 rings (SSSR count). The number of halogens is 1. The summed E-state index contributed by atoms with van der Waals surface area (Å²) in [5.74, 6) is -0.473. The molecule has 0 radical (unpaired) electrons. The zero-order valence-corrected chi connectivity index (χ0v) is 13.6. The molecule has 0 N–H and O–H groups in total. The summed E-state index contributed by atoms with van der Waals surface area (Å²) in [6.07, 6.45) is 1.58. The third-order valence-corrected chi connectivity index (χ3v) is 3.94. The van der Waals surface area contributed by atoms with Crippen molar-refractivity contribution < 1.29 is 9.18 Å². The molecule has 0 aliphatic rings. The molecule has 0 spiro atoms. The Hall–Kier alpha value is -2.95. The number of aromatic nitrogens is 2. The predicted octanol–water partition coefficient (Wildman–Crippen LogP) is 3.99. The SMILES string of the molecule is CCN(C(=O)c1cnn(-c2ccccc2)c1C)c1ccc(F)cc1. The normalized spacial score (nSPS) is 10.6. The van der Waals surface area contributed by atoms with Gasteiger partial charge in [0.05, 0.1) is 23.1 Å². The Morgan fingerprint density at radius 2 is 1.79 bits per heavy atom.